The number of nitrogens with zero attached hydrogens (tertiary/aromatic N) is 1. The second kappa shape index (κ2) is 7.70. The largest absolute Gasteiger partial charge is 0.366 e. The molecule has 3 rings (SSSR count). The zero-order chi connectivity index (χ0) is 18.7. The van der Waals surface area contributed by atoms with Crippen molar-refractivity contribution in [3.05, 3.63) is 59.2 Å². The van der Waals surface area contributed by atoms with Gasteiger partial charge in [-0.2, -0.15) is 0 Å². The average Bonchev–Trinajstić information content (AvgIpc) is 2.63. The topological polar surface area (TPSA) is 75.4 Å². The molecular weight excluding hydrogens is 326 g/mol. The molecule has 0 spiro atoms. The van der Waals surface area contributed by atoms with Crippen LogP contribution in [0.15, 0.2) is 42.5 Å². The molecule has 1 heterocycles. The standard InChI is InChI=1S/C21H25N3O2/c1-14(25)19-8-5-17(21(22)26)13-20(19)23-18-6-3-15(4-7-18)16-9-11-24(2)12-10-16/h3-8,13,16,23H,9-12H2,1-2H3,(H2,22,26). The first kappa shape index (κ1) is 18.1. The normalized spacial score (nSPS) is 15.6. The van der Waals surface area contributed by atoms with Crippen LogP contribution in [0.25, 0.3) is 0 Å². The summed E-state index contributed by atoms with van der Waals surface area (Å²) in [6, 6.07) is 13.2. The third-order valence-electron chi connectivity index (χ3n) is 5.06. The van der Waals surface area contributed by atoms with Crippen LogP contribution < -0.4 is 11.1 Å². The summed E-state index contributed by atoms with van der Waals surface area (Å²) in [4.78, 5) is 25.7. The lowest BCUT2D eigenvalue weighted by molar-refractivity contribution is 0.0993. The van der Waals surface area contributed by atoms with Crippen molar-refractivity contribution in [2.24, 2.45) is 5.73 Å². The van der Waals surface area contributed by atoms with Gasteiger partial charge in [0.15, 0.2) is 5.78 Å². The van der Waals surface area contributed by atoms with Gasteiger partial charge in [-0.3, -0.25) is 9.59 Å². The van der Waals surface area contributed by atoms with Crippen molar-refractivity contribution in [3.8, 4) is 0 Å². The van der Waals surface area contributed by atoms with Crippen molar-refractivity contribution in [1.82, 2.24) is 4.90 Å². The number of likely N-dealkylation sites (tertiary alicyclic amines) is 1. The van der Waals surface area contributed by atoms with E-state index in [4.69, 9.17) is 5.73 Å². The second-order valence-corrected chi connectivity index (χ2v) is 7.01. The number of nitrogens with one attached hydrogen (secondary N) is 1. The van der Waals surface area contributed by atoms with Gasteiger partial charge in [-0.15, -0.1) is 0 Å². The van der Waals surface area contributed by atoms with Gasteiger partial charge in [-0.1, -0.05) is 12.1 Å². The highest BCUT2D eigenvalue weighted by atomic mass is 16.1. The zero-order valence-corrected chi connectivity index (χ0v) is 15.3. The molecular formula is C21H25N3O2. The number of hydrogen-bond acceptors (Lipinski definition) is 4. The molecule has 1 saturated heterocycles. The number of carbonyl (C=O) groups excluding carboxylic acids is 2. The van der Waals surface area contributed by atoms with Crippen molar-refractivity contribution < 1.29 is 9.59 Å². The summed E-state index contributed by atoms with van der Waals surface area (Å²) >= 11 is 0. The molecule has 0 aliphatic carbocycles. The Morgan fingerprint density at radius 3 is 2.31 bits per heavy atom. The minimum atomic E-state index is -0.513. The Kier molecular flexibility index (Phi) is 5.38. The van der Waals surface area contributed by atoms with E-state index >= 15 is 0 Å². The predicted octanol–water partition coefficient (Wildman–Crippen LogP) is 3.54. The summed E-state index contributed by atoms with van der Waals surface area (Å²) < 4.78 is 0. The molecule has 5 nitrogen and oxygen atoms in total. The number of nitrogens with two attached hydrogens (primary N) is 1. The highest BCUT2D eigenvalue weighted by Crippen LogP contribution is 2.29. The maximum Gasteiger partial charge on any atom is 0.248 e. The van der Waals surface area contributed by atoms with Crippen LogP contribution in [0.1, 0.15) is 52.0 Å². The number of hydrogen-bond donors (Lipinski definition) is 2. The van der Waals surface area contributed by atoms with E-state index in [-0.39, 0.29) is 5.78 Å². The Hall–Kier alpha value is -2.66. The quantitative estimate of drug-likeness (QED) is 0.808. The van der Waals surface area contributed by atoms with E-state index in [0.717, 1.165) is 18.8 Å². The van der Waals surface area contributed by atoms with Crippen LogP contribution in [0, 0.1) is 0 Å². The molecule has 5 heteroatoms. The Balaban J connectivity index is 1.79. The average molecular weight is 351 g/mol. The predicted molar refractivity (Wildman–Crippen MR) is 104 cm³/mol. The Bertz CT molecular complexity index is 807. The van der Waals surface area contributed by atoms with Crippen LogP contribution in [0.3, 0.4) is 0 Å². The van der Waals surface area contributed by atoms with E-state index in [0.29, 0.717) is 22.7 Å². The van der Waals surface area contributed by atoms with Gasteiger partial charge in [0.2, 0.25) is 5.91 Å². The lowest BCUT2D eigenvalue weighted by atomic mass is 9.89. The molecule has 1 aliphatic heterocycles. The smallest absolute Gasteiger partial charge is 0.248 e. The van der Waals surface area contributed by atoms with Gasteiger partial charge in [0.05, 0.1) is 5.69 Å². The van der Waals surface area contributed by atoms with Crippen LogP contribution in [0.2, 0.25) is 0 Å². The van der Waals surface area contributed by atoms with Gasteiger partial charge in [0, 0.05) is 16.8 Å². The highest BCUT2D eigenvalue weighted by Gasteiger charge is 2.18. The molecule has 1 aliphatic rings. The summed E-state index contributed by atoms with van der Waals surface area (Å²) in [5, 5.41) is 3.25. The summed E-state index contributed by atoms with van der Waals surface area (Å²) in [5.41, 5.74) is 9.10. The molecule has 26 heavy (non-hydrogen) atoms. The lowest BCUT2D eigenvalue weighted by Crippen LogP contribution is -2.29. The summed E-state index contributed by atoms with van der Waals surface area (Å²) in [6.07, 6.45) is 2.36. The highest BCUT2D eigenvalue weighted by molar-refractivity contribution is 6.03. The molecule has 0 radical (unpaired) electrons. The van der Waals surface area contributed by atoms with E-state index in [1.54, 1.807) is 18.2 Å². The number of Topliss-reactive ketones (excluding diaryl/α,β-unsaturated/α-hetero) is 1. The monoisotopic (exact) mass is 351 g/mol. The molecule has 3 N–H and O–H groups in total. The fourth-order valence-electron chi connectivity index (χ4n) is 3.44. The van der Waals surface area contributed by atoms with Crippen LogP contribution in [0.5, 0.6) is 0 Å². The minimum Gasteiger partial charge on any atom is -0.366 e. The summed E-state index contributed by atoms with van der Waals surface area (Å²) in [5.74, 6) is 0.0263. The fourth-order valence-corrected chi connectivity index (χ4v) is 3.44. The van der Waals surface area contributed by atoms with Crippen LogP contribution >= 0.6 is 0 Å². The number of benzene rings is 2. The number of primary amides is 1. The van der Waals surface area contributed by atoms with Crippen LogP contribution in [-0.4, -0.2) is 36.7 Å². The molecule has 0 saturated carbocycles. The van der Waals surface area contributed by atoms with Crippen LogP contribution in [0.4, 0.5) is 11.4 Å². The molecule has 2 aromatic rings. The van der Waals surface area contributed by atoms with E-state index in [1.807, 2.05) is 12.1 Å². The van der Waals surface area contributed by atoms with Crippen LogP contribution in [-0.2, 0) is 0 Å². The van der Waals surface area contributed by atoms with Crippen molar-refractivity contribution in [1.29, 1.82) is 0 Å². The van der Waals surface area contributed by atoms with E-state index < -0.39 is 5.91 Å². The zero-order valence-electron chi connectivity index (χ0n) is 15.3. The molecule has 0 bridgehead atoms. The molecule has 0 atom stereocenters. The summed E-state index contributed by atoms with van der Waals surface area (Å²) in [7, 11) is 2.16. The summed E-state index contributed by atoms with van der Waals surface area (Å²) in [6.45, 7) is 3.77. The Morgan fingerprint density at radius 2 is 1.73 bits per heavy atom. The molecule has 136 valence electrons. The molecule has 1 fully saturated rings. The number of ketones is 1. The number of piperidine rings is 1. The van der Waals surface area contributed by atoms with Gasteiger partial charge in [-0.05, 0) is 81.7 Å². The van der Waals surface area contributed by atoms with Crippen molar-refractivity contribution >= 4 is 23.1 Å². The molecule has 0 aromatic heterocycles. The minimum absolute atomic E-state index is 0.0635. The lowest BCUT2D eigenvalue weighted by Gasteiger charge is -2.29. The maximum atomic E-state index is 11.9. The number of rotatable bonds is 5. The van der Waals surface area contributed by atoms with Gasteiger partial charge in [0.1, 0.15) is 0 Å². The van der Waals surface area contributed by atoms with E-state index in [2.05, 4.69) is 29.4 Å². The van der Waals surface area contributed by atoms with E-state index in [9.17, 15) is 9.59 Å². The first-order chi connectivity index (χ1) is 12.4. The van der Waals surface area contributed by atoms with Gasteiger partial charge in [-0.25, -0.2) is 0 Å². The first-order valence-electron chi connectivity index (χ1n) is 8.94. The third kappa shape index (κ3) is 4.11. The number of carbonyl (C=O) groups is 2. The first-order valence-corrected chi connectivity index (χ1v) is 8.94. The second-order valence-electron chi connectivity index (χ2n) is 7.01. The molecule has 1 amide bonds. The number of anilines is 2. The SMILES string of the molecule is CC(=O)c1ccc(C(N)=O)cc1Nc1ccc(C2CCN(C)CC2)cc1. The van der Waals surface area contributed by atoms with E-state index in [1.165, 1.54) is 25.3 Å². The Morgan fingerprint density at radius 1 is 1.08 bits per heavy atom. The van der Waals surface area contributed by atoms with Gasteiger partial charge in [0.25, 0.3) is 0 Å². The van der Waals surface area contributed by atoms with Crippen molar-refractivity contribution in [2.45, 2.75) is 25.7 Å². The third-order valence-corrected chi connectivity index (χ3v) is 5.06. The van der Waals surface area contributed by atoms with Gasteiger partial charge >= 0.3 is 0 Å². The van der Waals surface area contributed by atoms with Gasteiger partial charge < -0.3 is 16.0 Å². The fraction of sp³-hybridized carbons (Fsp3) is 0.333. The van der Waals surface area contributed by atoms with Crippen molar-refractivity contribution in [3.63, 3.8) is 0 Å². The maximum absolute atomic E-state index is 11.9. The Labute approximate surface area is 154 Å². The molecule has 0 unspecified atom stereocenters. The van der Waals surface area contributed by atoms with Crippen molar-refractivity contribution in [2.75, 3.05) is 25.5 Å². The number of amides is 1. The molecule has 2 aromatic carbocycles.